The minimum Gasteiger partial charge on any atom is -0.464 e. The molecule has 0 amide bonds. The summed E-state index contributed by atoms with van der Waals surface area (Å²) in [4.78, 5) is 25.6. The molecule has 2 aromatic carbocycles. The molecule has 5 rings (SSSR count). The van der Waals surface area contributed by atoms with Gasteiger partial charge in [-0.2, -0.15) is 5.21 Å². The van der Waals surface area contributed by atoms with Gasteiger partial charge in [0.05, 0.1) is 7.11 Å². The van der Waals surface area contributed by atoms with Crippen molar-refractivity contribution in [1.29, 1.82) is 0 Å². The van der Waals surface area contributed by atoms with Crippen LogP contribution in [0.3, 0.4) is 0 Å². The highest BCUT2D eigenvalue weighted by atomic mass is 16.5. The van der Waals surface area contributed by atoms with Gasteiger partial charge >= 0.3 is 5.97 Å². The van der Waals surface area contributed by atoms with E-state index in [-0.39, 0.29) is 5.69 Å². The number of methoxy groups -OCH3 is 1. The zero-order chi connectivity index (χ0) is 25.6. The molecule has 0 spiro atoms. The number of aryl methyl sites for hydroxylation is 1. The van der Waals surface area contributed by atoms with Gasteiger partial charge in [-0.3, -0.25) is 4.98 Å². The van der Waals surface area contributed by atoms with Crippen LogP contribution >= 0.6 is 0 Å². The van der Waals surface area contributed by atoms with Gasteiger partial charge in [0.25, 0.3) is 0 Å². The minimum atomic E-state index is -0.534. The smallest absolute Gasteiger partial charge is 0.359 e. The van der Waals surface area contributed by atoms with E-state index in [1.165, 1.54) is 13.3 Å². The van der Waals surface area contributed by atoms with E-state index in [0.717, 1.165) is 47.3 Å². The van der Waals surface area contributed by atoms with Crippen LogP contribution in [0.2, 0.25) is 0 Å². The first-order chi connectivity index (χ1) is 18.2. The second kappa shape index (κ2) is 10.9. The topological polar surface area (TPSA) is 124 Å². The average molecular weight is 495 g/mol. The number of H-pyrrole nitrogens is 1. The summed E-state index contributed by atoms with van der Waals surface area (Å²) >= 11 is 0. The van der Waals surface area contributed by atoms with Gasteiger partial charge in [-0.25, -0.2) is 14.8 Å². The van der Waals surface area contributed by atoms with Crippen LogP contribution in [0.25, 0.3) is 33.9 Å². The Morgan fingerprint density at radius 1 is 0.973 bits per heavy atom. The molecule has 0 unspecified atom stereocenters. The van der Waals surface area contributed by atoms with E-state index >= 15 is 0 Å². The van der Waals surface area contributed by atoms with Crippen molar-refractivity contribution in [3.05, 3.63) is 84.2 Å². The molecule has 0 radical (unpaired) electrons. The second-order valence-electron chi connectivity index (χ2n) is 8.53. The van der Waals surface area contributed by atoms with Crippen molar-refractivity contribution in [2.75, 3.05) is 7.11 Å². The molecule has 3 heterocycles. The van der Waals surface area contributed by atoms with Gasteiger partial charge in [-0.05, 0) is 28.3 Å². The molecular weight excluding hydrogens is 468 g/mol. The van der Waals surface area contributed by atoms with Crippen molar-refractivity contribution in [2.24, 2.45) is 0 Å². The number of nitrogens with one attached hydrogen (secondary N) is 1. The van der Waals surface area contributed by atoms with Crippen LogP contribution in [-0.4, -0.2) is 53.2 Å². The molecular formula is C27H26N8O2. The van der Waals surface area contributed by atoms with E-state index in [9.17, 15) is 4.79 Å². The fourth-order valence-corrected chi connectivity index (χ4v) is 4.11. The third-order valence-electron chi connectivity index (χ3n) is 6.06. The van der Waals surface area contributed by atoms with Crippen molar-refractivity contribution in [1.82, 2.24) is 40.1 Å². The van der Waals surface area contributed by atoms with Crippen LogP contribution in [0.15, 0.2) is 67.1 Å². The zero-order valence-electron chi connectivity index (χ0n) is 20.6. The highest BCUT2D eigenvalue weighted by Gasteiger charge is 2.20. The van der Waals surface area contributed by atoms with Crippen molar-refractivity contribution in [3.8, 4) is 33.9 Å². The maximum atomic E-state index is 12.2. The van der Waals surface area contributed by atoms with Crippen LogP contribution in [0.5, 0.6) is 0 Å². The quantitative estimate of drug-likeness (QED) is 0.300. The summed E-state index contributed by atoms with van der Waals surface area (Å²) < 4.78 is 7.00. The van der Waals surface area contributed by atoms with Gasteiger partial charge in [0.15, 0.2) is 5.69 Å². The molecule has 37 heavy (non-hydrogen) atoms. The summed E-state index contributed by atoms with van der Waals surface area (Å²) in [6.07, 6.45) is 7.87. The lowest BCUT2D eigenvalue weighted by atomic mass is 10.0. The molecule has 0 aliphatic heterocycles. The Morgan fingerprint density at radius 3 is 2.35 bits per heavy atom. The predicted molar refractivity (Wildman–Crippen MR) is 137 cm³/mol. The lowest BCUT2D eigenvalue weighted by Gasteiger charge is -2.09. The standard InChI is InChI=1S/C27H26N8O2/c1-3-4-5-23-30-22(24-25(27(36)37-2)29-15-14-28-24)17-35(23)16-18-6-8-19(9-7-18)20-10-12-21(13-11-20)26-31-33-34-32-26/h6-15,17H,3-5,16H2,1-2H3,(H,31,32,33,34). The fraction of sp³-hybridized carbons (Fsp3) is 0.222. The first-order valence-electron chi connectivity index (χ1n) is 12.0. The number of tetrazole rings is 1. The summed E-state index contributed by atoms with van der Waals surface area (Å²) in [5.41, 5.74) is 5.45. The Hall–Kier alpha value is -4.73. The van der Waals surface area contributed by atoms with Gasteiger partial charge in [-0.15, -0.1) is 10.2 Å². The maximum absolute atomic E-state index is 12.2. The summed E-state index contributed by atoms with van der Waals surface area (Å²) in [7, 11) is 1.33. The predicted octanol–water partition coefficient (Wildman–Crippen LogP) is 4.36. The normalized spacial score (nSPS) is 11.0. The number of hydrogen-bond acceptors (Lipinski definition) is 8. The third-order valence-corrected chi connectivity index (χ3v) is 6.06. The molecule has 0 aliphatic rings. The number of carbonyl (C=O) groups excluding carboxylic acids is 1. The highest BCUT2D eigenvalue weighted by molar-refractivity contribution is 5.93. The Labute approximate surface area is 213 Å². The van der Waals surface area contributed by atoms with E-state index in [2.05, 4.69) is 66.3 Å². The fourth-order valence-electron chi connectivity index (χ4n) is 4.11. The first kappa shape index (κ1) is 24.0. The molecule has 1 N–H and O–H groups in total. The molecule has 0 saturated carbocycles. The number of rotatable bonds is 9. The Balaban J connectivity index is 1.38. The number of imidazole rings is 1. The van der Waals surface area contributed by atoms with E-state index < -0.39 is 5.97 Å². The number of benzene rings is 2. The molecule has 0 fully saturated rings. The van der Waals surface area contributed by atoms with Crippen molar-refractivity contribution < 1.29 is 9.53 Å². The number of hydrogen-bond donors (Lipinski definition) is 1. The molecule has 0 saturated heterocycles. The van der Waals surface area contributed by atoms with E-state index in [0.29, 0.717) is 23.8 Å². The van der Waals surface area contributed by atoms with Gasteiger partial charge in [0.1, 0.15) is 17.2 Å². The number of ether oxygens (including phenoxy) is 1. The molecule has 3 aromatic heterocycles. The summed E-state index contributed by atoms with van der Waals surface area (Å²) in [5.74, 6) is 0.980. The summed E-state index contributed by atoms with van der Waals surface area (Å²) in [6.45, 7) is 2.80. The van der Waals surface area contributed by atoms with E-state index in [1.807, 2.05) is 30.5 Å². The summed E-state index contributed by atoms with van der Waals surface area (Å²) in [6, 6.07) is 16.5. The van der Waals surface area contributed by atoms with Crippen LogP contribution < -0.4 is 0 Å². The maximum Gasteiger partial charge on any atom is 0.359 e. The van der Waals surface area contributed by atoms with E-state index in [1.54, 1.807) is 6.20 Å². The van der Waals surface area contributed by atoms with Crippen LogP contribution in [0, 0.1) is 0 Å². The Morgan fingerprint density at radius 2 is 1.68 bits per heavy atom. The molecule has 5 aromatic rings. The monoisotopic (exact) mass is 494 g/mol. The van der Waals surface area contributed by atoms with Crippen LogP contribution in [-0.2, 0) is 17.7 Å². The highest BCUT2D eigenvalue weighted by Crippen LogP contribution is 2.25. The largest absolute Gasteiger partial charge is 0.464 e. The minimum absolute atomic E-state index is 0.159. The summed E-state index contributed by atoms with van der Waals surface area (Å²) in [5, 5.41) is 14.1. The lowest BCUT2D eigenvalue weighted by molar-refractivity contribution is 0.0594. The molecule has 10 heteroatoms. The third kappa shape index (κ3) is 5.27. The molecule has 0 aliphatic carbocycles. The first-order valence-corrected chi connectivity index (χ1v) is 12.0. The Bertz CT molecular complexity index is 1480. The van der Waals surface area contributed by atoms with Crippen molar-refractivity contribution in [3.63, 3.8) is 0 Å². The zero-order valence-corrected chi connectivity index (χ0v) is 20.6. The van der Waals surface area contributed by atoms with Crippen LogP contribution in [0.1, 0.15) is 41.6 Å². The number of unbranched alkanes of at least 4 members (excludes halogenated alkanes) is 1. The molecule has 10 nitrogen and oxygen atoms in total. The SMILES string of the molecule is CCCCc1nc(-c2nccnc2C(=O)OC)cn1Cc1ccc(-c2ccc(-c3nn[nH]n3)cc2)cc1. The van der Waals surface area contributed by atoms with E-state index in [4.69, 9.17) is 9.72 Å². The van der Waals surface area contributed by atoms with Crippen molar-refractivity contribution >= 4 is 5.97 Å². The van der Waals surface area contributed by atoms with Gasteiger partial charge < -0.3 is 9.30 Å². The Kier molecular flexibility index (Phi) is 7.07. The average Bonchev–Trinajstić information content (AvgIpc) is 3.63. The van der Waals surface area contributed by atoms with Gasteiger partial charge in [0.2, 0.25) is 5.82 Å². The number of aromatic nitrogens is 8. The number of carbonyl (C=O) groups is 1. The number of nitrogens with zero attached hydrogens (tertiary/aromatic N) is 7. The van der Waals surface area contributed by atoms with Gasteiger partial charge in [0, 0.05) is 37.1 Å². The number of esters is 1. The second-order valence-corrected chi connectivity index (χ2v) is 8.53. The molecule has 0 bridgehead atoms. The van der Waals surface area contributed by atoms with Gasteiger partial charge in [-0.1, -0.05) is 61.9 Å². The molecule has 186 valence electrons. The van der Waals surface area contributed by atoms with Crippen LogP contribution in [0.4, 0.5) is 0 Å². The van der Waals surface area contributed by atoms with Crippen molar-refractivity contribution in [2.45, 2.75) is 32.7 Å². The lowest BCUT2D eigenvalue weighted by Crippen LogP contribution is -2.07. The number of aromatic amines is 1. The molecule has 0 atom stereocenters.